The molecule has 1 unspecified atom stereocenters. The van der Waals surface area contributed by atoms with Gasteiger partial charge in [0, 0.05) is 12.6 Å². The van der Waals surface area contributed by atoms with Crippen molar-refractivity contribution in [3.05, 3.63) is 0 Å². The van der Waals surface area contributed by atoms with Crippen molar-refractivity contribution in [3.63, 3.8) is 0 Å². The largest absolute Gasteiger partial charge is 0.351 e. The number of amides is 1. The number of carbonyl (C=O) groups is 1. The van der Waals surface area contributed by atoms with Crippen molar-refractivity contribution in [2.45, 2.75) is 45.2 Å². The maximum absolute atomic E-state index is 11.6. The number of likely N-dealkylation sites (tertiary alicyclic amines) is 1. The molecule has 1 aliphatic heterocycles. The van der Waals surface area contributed by atoms with Crippen molar-refractivity contribution in [2.24, 2.45) is 5.73 Å². The molecule has 4 nitrogen and oxygen atoms in total. The summed E-state index contributed by atoms with van der Waals surface area (Å²) in [7, 11) is 0. The van der Waals surface area contributed by atoms with Crippen LogP contribution in [0.2, 0.25) is 0 Å². The van der Waals surface area contributed by atoms with Crippen LogP contribution in [0.3, 0.4) is 0 Å². The van der Waals surface area contributed by atoms with Gasteiger partial charge < -0.3 is 16.0 Å². The van der Waals surface area contributed by atoms with Crippen LogP contribution in [0.25, 0.3) is 0 Å². The summed E-state index contributed by atoms with van der Waals surface area (Å²) in [6, 6.07) is -0.0502. The van der Waals surface area contributed by atoms with Crippen LogP contribution in [0, 0.1) is 0 Å². The van der Waals surface area contributed by atoms with Gasteiger partial charge in [-0.1, -0.05) is 13.8 Å². The van der Waals surface area contributed by atoms with E-state index in [2.05, 4.69) is 17.1 Å². The van der Waals surface area contributed by atoms with Crippen LogP contribution in [0.1, 0.15) is 33.1 Å². The second-order valence-electron chi connectivity index (χ2n) is 4.26. The van der Waals surface area contributed by atoms with Gasteiger partial charge in [0.25, 0.3) is 0 Å². The van der Waals surface area contributed by atoms with Crippen LogP contribution in [0.4, 0.5) is 0 Å². The number of rotatable bonds is 4. The second kappa shape index (κ2) is 9.95. The minimum Gasteiger partial charge on any atom is -0.351 e. The fourth-order valence-electron chi connectivity index (χ4n) is 1.95. The molecule has 3 N–H and O–H groups in total. The van der Waals surface area contributed by atoms with E-state index in [9.17, 15) is 4.79 Å². The lowest BCUT2D eigenvalue weighted by Gasteiger charge is -2.32. The van der Waals surface area contributed by atoms with Gasteiger partial charge >= 0.3 is 0 Å². The topological polar surface area (TPSA) is 58.4 Å². The molecule has 0 aromatic heterocycles. The molecule has 1 rings (SSSR count). The Bertz CT molecular complexity index is 217. The average molecular weight is 286 g/mol. The fraction of sp³-hybridized carbons (Fsp3) is 0.909. The van der Waals surface area contributed by atoms with Gasteiger partial charge in [-0.05, 0) is 32.4 Å². The van der Waals surface area contributed by atoms with Gasteiger partial charge in [0.1, 0.15) is 0 Å². The number of nitrogens with zero attached hydrogens (tertiary/aromatic N) is 1. The van der Waals surface area contributed by atoms with E-state index in [1.807, 2.05) is 6.92 Å². The minimum absolute atomic E-state index is 0. The smallest absolute Gasteiger partial charge is 0.237 e. The fourth-order valence-corrected chi connectivity index (χ4v) is 1.95. The van der Waals surface area contributed by atoms with E-state index in [1.54, 1.807) is 0 Å². The Balaban J connectivity index is 0. The lowest BCUT2D eigenvalue weighted by Crippen LogP contribution is -2.51. The lowest BCUT2D eigenvalue weighted by atomic mass is 10.1. The van der Waals surface area contributed by atoms with Crippen molar-refractivity contribution in [1.82, 2.24) is 10.2 Å². The molecule has 2 atom stereocenters. The zero-order chi connectivity index (χ0) is 11.3. The molecule has 0 spiro atoms. The van der Waals surface area contributed by atoms with Gasteiger partial charge in [-0.3, -0.25) is 4.79 Å². The van der Waals surface area contributed by atoms with Gasteiger partial charge in [0.15, 0.2) is 0 Å². The monoisotopic (exact) mass is 285 g/mol. The molecule has 1 fully saturated rings. The van der Waals surface area contributed by atoms with Crippen LogP contribution >= 0.6 is 24.8 Å². The van der Waals surface area contributed by atoms with Gasteiger partial charge in [-0.25, -0.2) is 0 Å². The number of likely N-dealkylation sites (N-methyl/N-ethyl adjacent to an activating group) is 1. The highest BCUT2D eigenvalue weighted by molar-refractivity contribution is 5.85. The predicted octanol–water partition coefficient (Wildman–Crippen LogP) is 1.17. The van der Waals surface area contributed by atoms with Crippen molar-refractivity contribution in [1.29, 1.82) is 0 Å². The highest BCUT2D eigenvalue weighted by Gasteiger charge is 2.21. The van der Waals surface area contributed by atoms with Crippen LogP contribution < -0.4 is 11.1 Å². The Hall–Kier alpha value is -0.0300. The van der Waals surface area contributed by atoms with E-state index in [0.29, 0.717) is 12.5 Å². The molecule has 0 aromatic rings. The molecular formula is C11H25Cl2N3O. The molecule has 17 heavy (non-hydrogen) atoms. The predicted molar refractivity (Wildman–Crippen MR) is 76.0 cm³/mol. The number of hydrogen-bond donors (Lipinski definition) is 2. The summed E-state index contributed by atoms with van der Waals surface area (Å²) in [5.41, 5.74) is 5.68. The van der Waals surface area contributed by atoms with Crippen LogP contribution in [0.5, 0.6) is 0 Å². The van der Waals surface area contributed by atoms with Crippen molar-refractivity contribution >= 4 is 30.7 Å². The Morgan fingerprint density at radius 2 is 2.12 bits per heavy atom. The molecule has 1 aliphatic rings. The van der Waals surface area contributed by atoms with Crippen molar-refractivity contribution in [2.75, 3.05) is 19.6 Å². The van der Waals surface area contributed by atoms with E-state index in [1.165, 1.54) is 6.42 Å². The second-order valence-corrected chi connectivity index (χ2v) is 4.26. The summed E-state index contributed by atoms with van der Waals surface area (Å²) in [4.78, 5) is 13.9. The molecule has 0 radical (unpaired) electrons. The van der Waals surface area contributed by atoms with E-state index in [0.717, 1.165) is 26.1 Å². The average Bonchev–Trinajstić information content (AvgIpc) is 2.28. The Morgan fingerprint density at radius 1 is 1.47 bits per heavy atom. The first-order valence-electron chi connectivity index (χ1n) is 5.95. The Labute approximate surface area is 117 Å². The number of carbonyl (C=O) groups excluding carboxylic acids is 1. The summed E-state index contributed by atoms with van der Waals surface area (Å²) in [5.74, 6) is 0.000420. The van der Waals surface area contributed by atoms with Crippen LogP contribution in [-0.2, 0) is 4.79 Å². The normalized spacial score (nSPS) is 21.9. The SMILES string of the molecule is CC[C@H](N)C(=O)NC1CCCN(CC)C1.Cl.Cl. The summed E-state index contributed by atoms with van der Waals surface area (Å²) in [6.07, 6.45) is 2.95. The minimum atomic E-state index is -0.345. The van der Waals surface area contributed by atoms with Gasteiger partial charge in [-0.15, -0.1) is 24.8 Å². The lowest BCUT2D eigenvalue weighted by molar-refractivity contribution is -0.123. The standard InChI is InChI=1S/C11H23N3O.2ClH/c1-3-10(12)11(15)13-9-6-5-7-14(4-2)8-9;;/h9-10H,3-8,12H2,1-2H3,(H,13,15);2*1H/t9?,10-;;/m0../s1. The van der Waals surface area contributed by atoms with Crippen molar-refractivity contribution < 1.29 is 4.79 Å². The first-order chi connectivity index (χ1) is 7.17. The maximum atomic E-state index is 11.6. The molecule has 6 heteroatoms. The number of piperidine rings is 1. The molecule has 1 heterocycles. The van der Waals surface area contributed by atoms with E-state index in [4.69, 9.17) is 5.73 Å². The number of halogens is 2. The highest BCUT2D eigenvalue weighted by Crippen LogP contribution is 2.09. The Kier molecular flexibility index (Phi) is 11.3. The highest BCUT2D eigenvalue weighted by atomic mass is 35.5. The number of hydrogen-bond acceptors (Lipinski definition) is 3. The molecule has 0 bridgehead atoms. The first kappa shape index (κ1) is 19.3. The van der Waals surface area contributed by atoms with E-state index in [-0.39, 0.29) is 36.8 Å². The van der Waals surface area contributed by atoms with E-state index < -0.39 is 0 Å². The molecular weight excluding hydrogens is 261 g/mol. The molecule has 1 amide bonds. The third kappa shape index (κ3) is 6.46. The van der Waals surface area contributed by atoms with Gasteiger partial charge in [-0.2, -0.15) is 0 Å². The maximum Gasteiger partial charge on any atom is 0.237 e. The van der Waals surface area contributed by atoms with Gasteiger partial charge in [0.05, 0.1) is 6.04 Å². The quantitative estimate of drug-likeness (QED) is 0.815. The summed E-state index contributed by atoms with van der Waals surface area (Å²) < 4.78 is 0. The molecule has 0 saturated carbocycles. The third-order valence-electron chi connectivity index (χ3n) is 3.08. The van der Waals surface area contributed by atoms with Crippen LogP contribution in [-0.4, -0.2) is 42.5 Å². The molecule has 1 saturated heterocycles. The zero-order valence-corrected chi connectivity index (χ0v) is 12.3. The van der Waals surface area contributed by atoms with Crippen LogP contribution in [0.15, 0.2) is 0 Å². The molecule has 0 aliphatic carbocycles. The first-order valence-corrected chi connectivity index (χ1v) is 5.95. The van der Waals surface area contributed by atoms with E-state index >= 15 is 0 Å². The number of nitrogens with two attached hydrogens (primary N) is 1. The van der Waals surface area contributed by atoms with Gasteiger partial charge in [0.2, 0.25) is 5.91 Å². The summed E-state index contributed by atoms with van der Waals surface area (Å²) in [5, 5.41) is 3.03. The number of nitrogens with one attached hydrogen (secondary N) is 1. The summed E-state index contributed by atoms with van der Waals surface area (Å²) >= 11 is 0. The Morgan fingerprint density at radius 3 is 2.65 bits per heavy atom. The van der Waals surface area contributed by atoms with Crippen molar-refractivity contribution in [3.8, 4) is 0 Å². The zero-order valence-electron chi connectivity index (χ0n) is 10.6. The molecule has 104 valence electrons. The summed E-state index contributed by atoms with van der Waals surface area (Å²) in [6.45, 7) is 7.28. The molecule has 0 aromatic carbocycles. The third-order valence-corrected chi connectivity index (χ3v) is 3.08.